The maximum Gasteiger partial charge on any atom is 0.213 e. The van der Waals surface area contributed by atoms with Crippen LogP contribution in [-0.4, -0.2) is 60.4 Å². The number of ether oxygens (including phenoxy) is 2. The molecule has 1 aliphatic rings. The number of nitrogens with zero attached hydrogens (tertiary/aromatic N) is 1. The van der Waals surface area contributed by atoms with Gasteiger partial charge in [-0.25, -0.2) is 4.98 Å². The number of aromatic nitrogens is 1. The lowest BCUT2D eigenvalue weighted by Gasteiger charge is -2.27. The second-order valence-electron chi connectivity index (χ2n) is 6.40. The normalized spacial score (nSPS) is 17.1. The third-order valence-corrected chi connectivity index (χ3v) is 5.33. The van der Waals surface area contributed by atoms with Gasteiger partial charge in [0.1, 0.15) is 17.8 Å². The largest absolute Gasteiger partial charge is 0.388 e. The fourth-order valence-electron chi connectivity index (χ4n) is 2.49. The first-order chi connectivity index (χ1) is 14.9. The monoisotopic (exact) mass is 471 g/mol. The van der Waals surface area contributed by atoms with Crippen molar-refractivity contribution in [2.45, 2.75) is 24.7 Å². The zero-order valence-electron chi connectivity index (χ0n) is 17.1. The summed E-state index contributed by atoms with van der Waals surface area (Å²) in [6.07, 6.45) is 4.40. The summed E-state index contributed by atoms with van der Waals surface area (Å²) < 4.78 is 24.4. The highest BCUT2D eigenvalue weighted by Gasteiger charge is 2.25. The Morgan fingerprint density at radius 1 is 1.55 bits per heavy atom. The number of allylic oxidation sites excluding steroid dienone is 2. The summed E-state index contributed by atoms with van der Waals surface area (Å²) in [5, 5.41) is 24.9. The minimum Gasteiger partial charge on any atom is -0.388 e. The Morgan fingerprint density at radius 2 is 2.35 bits per heavy atom. The van der Waals surface area contributed by atoms with Crippen molar-refractivity contribution in [2.24, 2.45) is 5.73 Å². The number of nitrogens with two attached hydrogens (primary N) is 1. The summed E-state index contributed by atoms with van der Waals surface area (Å²) in [4.78, 5) is 4.53. The molecule has 8 nitrogen and oxygen atoms in total. The number of thioether (sulfide) groups is 1. The van der Waals surface area contributed by atoms with Crippen LogP contribution in [0.15, 0.2) is 46.6 Å². The van der Waals surface area contributed by atoms with E-state index < -0.39 is 23.7 Å². The molecule has 0 amide bonds. The van der Waals surface area contributed by atoms with Crippen LogP contribution < -0.4 is 16.4 Å². The third kappa shape index (κ3) is 8.98. The van der Waals surface area contributed by atoms with Crippen LogP contribution in [0, 0.1) is 11.4 Å². The molecule has 31 heavy (non-hydrogen) atoms. The molecule has 0 saturated carbocycles. The predicted molar refractivity (Wildman–Crippen MR) is 122 cm³/mol. The van der Waals surface area contributed by atoms with Crippen molar-refractivity contribution in [3.05, 3.63) is 58.3 Å². The second-order valence-corrected chi connectivity index (χ2v) is 8.06. The van der Waals surface area contributed by atoms with E-state index in [1.807, 2.05) is 6.92 Å². The average Bonchev–Trinajstić information content (AvgIpc) is 2.74. The Balaban J connectivity index is 2.03. The van der Waals surface area contributed by atoms with Gasteiger partial charge in [0.05, 0.1) is 18.8 Å². The number of hydrogen-bond donors (Lipinski definition) is 5. The van der Waals surface area contributed by atoms with Crippen LogP contribution in [-0.2, 0) is 9.47 Å². The zero-order valence-corrected chi connectivity index (χ0v) is 18.6. The van der Waals surface area contributed by atoms with Crippen molar-refractivity contribution in [2.75, 3.05) is 26.3 Å². The van der Waals surface area contributed by atoms with Crippen LogP contribution in [0.2, 0.25) is 0 Å². The van der Waals surface area contributed by atoms with E-state index in [1.54, 1.807) is 18.3 Å². The minimum absolute atomic E-state index is 0.0871. The van der Waals surface area contributed by atoms with Gasteiger partial charge < -0.3 is 36.4 Å². The molecule has 3 atom stereocenters. The van der Waals surface area contributed by atoms with Crippen LogP contribution in [0.5, 0.6) is 0 Å². The number of pyridine rings is 1. The molecule has 11 heteroatoms. The maximum absolute atomic E-state index is 13.3. The molecule has 0 bridgehead atoms. The Kier molecular flexibility index (Phi) is 11.0. The Bertz CT molecular complexity index is 824. The number of halogens is 2. The van der Waals surface area contributed by atoms with Crippen LogP contribution in [0.3, 0.4) is 0 Å². The minimum atomic E-state index is -0.976. The molecule has 0 aromatic carbocycles. The third-order valence-electron chi connectivity index (χ3n) is 3.93. The van der Waals surface area contributed by atoms with Crippen LogP contribution in [0.4, 0.5) is 4.39 Å². The number of dihydropyridines is 1. The summed E-state index contributed by atoms with van der Waals surface area (Å²) in [5.74, 6) is -0.639. The van der Waals surface area contributed by atoms with Gasteiger partial charge in [0.25, 0.3) is 0 Å². The second kappa shape index (κ2) is 13.5. The van der Waals surface area contributed by atoms with E-state index in [1.165, 1.54) is 30.1 Å². The number of aliphatic hydroxyl groups excluding tert-OH is 1. The number of nitrogens with one attached hydrogen (secondary N) is 3. The predicted octanol–water partition coefficient (Wildman–Crippen LogP) is 2.13. The molecule has 2 rings (SSSR count). The molecule has 1 aromatic rings. The molecule has 0 aliphatic carbocycles. The van der Waals surface area contributed by atoms with Crippen LogP contribution in [0.25, 0.3) is 5.57 Å². The number of aliphatic hydroxyl groups is 1. The van der Waals surface area contributed by atoms with Gasteiger partial charge in [0.2, 0.25) is 5.95 Å². The molecule has 2 heterocycles. The van der Waals surface area contributed by atoms with E-state index in [2.05, 4.69) is 15.6 Å². The van der Waals surface area contributed by atoms with Gasteiger partial charge in [0, 0.05) is 47.3 Å². The van der Waals surface area contributed by atoms with Crippen LogP contribution in [0.1, 0.15) is 12.6 Å². The highest BCUT2D eigenvalue weighted by Crippen LogP contribution is 2.29. The lowest BCUT2D eigenvalue weighted by molar-refractivity contribution is -0.0585. The summed E-state index contributed by atoms with van der Waals surface area (Å²) in [7, 11) is 0. The molecule has 0 saturated heterocycles. The highest BCUT2D eigenvalue weighted by atomic mass is 35.5. The lowest BCUT2D eigenvalue weighted by atomic mass is 10.2. The van der Waals surface area contributed by atoms with E-state index in [4.69, 9.17) is 32.2 Å². The quantitative estimate of drug-likeness (QED) is 0.168. The first kappa shape index (κ1) is 25.3. The van der Waals surface area contributed by atoms with Crippen molar-refractivity contribution in [1.82, 2.24) is 15.6 Å². The molecule has 1 aliphatic heterocycles. The van der Waals surface area contributed by atoms with Gasteiger partial charge in [-0.15, -0.1) is 0 Å². The van der Waals surface area contributed by atoms with Crippen molar-refractivity contribution >= 4 is 35.2 Å². The Hall–Kier alpha value is -1.95. The highest BCUT2D eigenvalue weighted by molar-refractivity contribution is 8.03. The van der Waals surface area contributed by atoms with Gasteiger partial charge in [-0.1, -0.05) is 29.4 Å². The molecule has 1 aromatic heterocycles. The first-order valence-electron chi connectivity index (χ1n) is 9.63. The molecule has 170 valence electrons. The van der Waals surface area contributed by atoms with Gasteiger partial charge in [0.15, 0.2) is 0 Å². The summed E-state index contributed by atoms with van der Waals surface area (Å²) in [5.41, 5.74) is 5.90. The van der Waals surface area contributed by atoms with Crippen molar-refractivity contribution in [3.63, 3.8) is 0 Å². The van der Waals surface area contributed by atoms with Crippen LogP contribution >= 0.6 is 23.4 Å². The van der Waals surface area contributed by atoms with E-state index >= 15 is 0 Å². The van der Waals surface area contributed by atoms with E-state index in [0.717, 1.165) is 11.1 Å². The van der Waals surface area contributed by atoms with Gasteiger partial charge in [-0.05, 0) is 25.1 Å². The lowest BCUT2D eigenvalue weighted by Crippen LogP contribution is -2.41. The molecular weight excluding hydrogens is 445 g/mol. The molecule has 0 radical (unpaired) electrons. The Morgan fingerprint density at radius 3 is 3.03 bits per heavy atom. The smallest absolute Gasteiger partial charge is 0.213 e. The fourth-order valence-corrected chi connectivity index (χ4v) is 3.83. The van der Waals surface area contributed by atoms with E-state index in [-0.39, 0.29) is 13.2 Å². The first-order valence-corrected chi connectivity index (χ1v) is 10.9. The Labute approximate surface area is 190 Å². The van der Waals surface area contributed by atoms with Gasteiger partial charge >= 0.3 is 0 Å². The van der Waals surface area contributed by atoms with Gasteiger partial charge in [-0.2, -0.15) is 4.39 Å². The number of rotatable bonds is 13. The molecule has 2 unspecified atom stereocenters. The van der Waals surface area contributed by atoms with Crippen molar-refractivity contribution in [3.8, 4) is 0 Å². The average molecular weight is 472 g/mol. The van der Waals surface area contributed by atoms with Crippen molar-refractivity contribution < 1.29 is 19.0 Å². The summed E-state index contributed by atoms with van der Waals surface area (Å²) in [6, 6.07) is 4.32. The molecular formula is C20H27ClFN5O3S. The molecule has 0 spiro atoms. The molecule has 6 N–H and O–H groups in total. The fraction of sp³-hybridized carbons (Fsp3) is 0.400. The standard InChI is InChI=1S/C20H27ClFN5O3S/c1-2-29-12-19(24)30-20(31-15-6-14(21)9-26-10-15)17(28)11-25-8-13(7-23)16-4-3-5-18(22)27-16/h3-8,10,17,19-20,23,25-26,28H,2,9,11-12,24H2,1H3/b13-8+,23-7?/t17-,19?,20?/m0/s1. The van der Waals surface area contributed by atoms with E-state index in [9.17, 15) is 9.50 Å². The number of hydrogen-bond acceptors (Lipinski definition) is 9. The SMILES string of the molecule is CCOCC(N)OC(SC1=CNCC(Cl)=C1)[C@@H](O)CN/C=C(\C=N)c1cccc(F)n1. The topological polar surface area (TPSA) is 126 Å². The summed E-state index contributed by atoms with van der Waals surface area (Å²) >= 11 is 7.34. The van der Waals surface area contributed by atoms with E-state index in [0.29, 0.717) is 29.5 Å². The maximum atomic E-state index is 13.3. The van der Waals surface area contributed by atoms with Crippen molar-refractivity contribution in [1.29, 1.82) is 5.41 Å². The zero-order chi connectivity index (χ0) is 22.6. The summed E-state index contributed by atoms with van der Waals surface area (Å²) in [6.45, 7) is 3.16. The molecule has 0 fully saturated rings. The van der Waals surface area contributed by atoms with Gasteiger partial charge in [-0.3, -0.25) is 0 Å².